The number of carboxylic acids is 1. The SMILES string of the molecule is CCc1nc(OC)ncc1CC(=O)O. The number of nitrogens with zero attached hydrogens (tertiary/aromatic N) is 2. The summed E-state index contributed by atoms with van der Waals surface area (Å²) in [4.78, 5) is 18.4. The summed E-state index contributed by atoms with van der Waals surface area (Å²) >= 11 is 0. The predicted octanol–water partition coefficient (Wildman–Crippen LogP) is 0.675. The van der Waals surface area contributed by atoms with Gasteiger partial charge in [-0.2, -0.15) is 4.98 Å². The van der Waals surface area contributed by atoms with E-state index in [0.29, 0.717) is 12.0 Å². The molecule has 0 saturated heterocycles. The van der Waals surface area contributed by atoms with Gasteiger partial charge in [-0.1, -0.05) is 6.92 Å². The molecule has 76 valence electrons. The quantitative estimate of drug-likeness (QED) is 0.766. The number of methoxy groups -OCH3 is 1. The van der Waals surface area contributed by atoms with Gasteiger partial charge in [0.25, 0.3) is 0 Å². The Morgan fingerprint density at radius 3 is 2.86 bits per heavy atom. The molecule has 1 rings (SSSR count). The average molecular weight is 196 g/mol. The second-order valence-corrected chi connectivity index (χ2v) is 2.75. The molecule has 0 spiro atoms. The third kappa shape index (κ3) is 2.42. The molecule has 5 nitrogen and oxygen atoms in total. The zero-order valence-electron chi connectivity index (χ0n) is 8.15. The van der Waals surface area contributed by atoms with Crippen LogP contribution in [-0.2, 0) is 17.6 Å². The van der Waals surface area contributed by atoms with Gasteiger partial charge in [0.15, 0.2) is 0 Å². The number of aryl methyl sites for hydroxylation is 1. The molecule has 0 bridgehead atoms. The van der Waals surface area contributed by atoms with Crippen molar-refractivity contribution in [2.24, 2.45) is 0 Å². The Morgan fingerprint density at radius 1 is 1.64 bits per heavy atom. The van der Waals surface area contributed by atoms with Crippen LogP contribution in [-0.4, -0.2) is 28.2 Å². The van der Waals surface area contributed by atoms with Crippen LogP contribution >= 0.6 is 0 Å². The molecule has 0 radical (unpaired) electrons. The van der Waals surface area contributed by atoms with E-state index in [1.165, 1.54) is 13.3 Å². The van der Waals surface area contributed by atoms with Gasteiger partial charge in [0.05, 0.1) is 19.2 Å². The predicted molar refractivity (Wildman–Crippen MR) is 49.3 cm³/mol. The first-order chi connectivity index (χ1) is 6.67. The van der Waals surface area contributed by atoms with Crippen molar-refractivity contribution in [3.05, 3.63) is 17.5 Å². The van der Waals surface area contributed by atoms with Gasteiger partial charge in [-0.15, -0.1) is 0 Å². The molecule has 1 N–H and O–H groups in total. The second kappa shape index (κ2) is 4.55. The Morgan fingerprint density at radius 2 is 2.36 bits per heavy atom. The Balaban J connectivity index is 2.98. The maximum Gasteiger partial charge on any atom is 0.316 e. The van der Waals surface area contributed by atoms with E-state index in [-0.39, 0.29) is 12.4 Å². The van der Waals surface area contributed by atoms with Crippen LogP contribution in [0.15, 0.2) is 6.20 Å². The van der Waals surface area contributed by atoms with Gasteiger partial charge >= 0.3 is 12.0 Å². The Kier molecular flexibility index (Phi) is 3.39. The van der Waals surface area contributed by atoms with Crippen LogP contribution in [0.2, 0.25) is 0 Å². The molecule has 0 aliphatic carbocycles. The van der Waals surface area contributed by atoms with Gasteiger partial charge in [-0.25, -0.2) is 4.98 Å². The molecule has 0 atom stereocenters. The van der Waals surface area contributed by atoms with Crippen LogP contribution in [0.3, 0.4) is 0 Å². The van der Waals surface area contributed by atoms with Crippen LogP contribution < -0.4 is 4.74 Å². The van der Waals surface area contributed by atoms with Crippen LogP contribution in [0.1, 0.15) is 18.2 Å². The first-order valence-corrected chi connectivity index (χ1v) is 4.28. The first-order valence-electron chi connectivity index (χ1n) is 4.28. The highest BCUT2D eigenvalue weighted by molar-refractivity contribution is 5.70. The van der Waals surface area contributed by atoms with E-state index in [9.17, 15) is 4.79 Å². The fourth-order valence-corrected chi connectivity index (χ4v) is 1.14. The molecule has 0 saturated carbocycles. The van der Waals surface area contributed by atoms with Gasteiger partial charge < -0.3 is 9.84 Å². The standard InChI is InChI=1S/C9H12N2O3/c1-3-7-6(4-8(12)13)5-10-9(11-7)14-2/h5H,3-4H2,1-2H3,(H,12,13). The summed E-state index contributed by atoms with van der Waals surface area (Å²) < 4.78 is 4.85. The topological polar surface area (TPSA) is 72.3 Å². The Labute approximate surface area is 81.8 Å². The molecular formula is C9H12N2O3. The minimum Gasteiger partial charge on any atom is -0.481 e. The molecule has 14 heavy (non-hydrogen) atoms. The molecule has 0 aliphatic heterocycles. The van der Waals surface area contributed by atoms with Crippen molar-refractivity contribution in [1.29, 1.82) is 0 Å². The second-order valence-electron chi connectivity index (χ2n) is 2.75. The van der Waals surface area contributed by atoms with Gasteiger partial charge in [-0.3, -0.25) is 4.79 Å². The van der Waals surface area contributed by atoms with Crippen molar-refractivity contribution in [2.75, 3.05) is 7.11 Å². The summed E-state index contributed by atoms with van der Waals surface area (Å²) in [6.45, 7) is 1.91. The number of hydrogen-bond donors (Lipinski definition) is 1. The lowest BCUT2D eigenvalue weighted by molar-refractivity contribution is -0.136. The van der Waals surface area contributed by atoms with Crippen LogP contribution in [0, 0.1) is 0 Å². The summed E-state index contributed by atoms with van der Waals surface area (Å²) in [6.07, 6.45) is 2.12. The van der Waals surface area contributed by atoms with Crippen molar-refractivity contribution in [3.8, 4) is 6.01 Å². The van der Waals surface area contributed by atoms with Crippen molar-refractivity contribution >= 4 is 5.97 Å². The molecule has 1 heterocycles. The lowest BCUT2D eigenvalue weighted by Gasteiger charge is -2.05. The summed E-state index contributed by atoms with van der Waals surface area (Å²) in [5.74, 6) is -0.881. The molecule has 0 amide bonds. The summed E-state index contributed by atoms with van der Waals surface area (Å²) in [7, 11) is 1.48. The maximum atomic E-state index is 10.5. The lowest BCUT2D eigenvalue weighted by Crippen LogP contribution is -2.07. The number of carboxylic acid groups (broad SMARTS) is 1. The van der Waals surface area contributed by atoms with Gasteiger partial charge in [0, 0.05) is 11.8 Å². The average Bonchev–Trinajstić information content (AvgIpc) is 2.17. The third-order valence-electron chi connectivity index (χ3n) is 1.79. The number of hydrogen-bond acceptors (Lipinski definition) is 4. The molecule has 1 aromatic heterocycles. The Bertz CT molecular complexity index is 339. The Hall–Kier alpha value is -1.65. The zero-order valence-corrected chi connectivity index (χ0v) is 8.15. The fourth-order valence-electron chi connectivity index (χ4n) is 1.14. The van der Waals surface area contributed by atoms with Crippen LogP contribution in [0.25, 0.3) is 0 Å². The zero-order chi connectivity index (χ0) is 10.6. The van der Waals surface area contributed by atoms with Gasteiger partial charge in [0.1, 0.15) is 0 Å². The van der Waals surface area contributed by atoms with E-state index in [0.717, 1.165) is 5.69 Å². The minimum absolute atomic E-state index is 0.0484. The summed E-state index contributed by atoms with van der Waals surface area (Å²) in [5, 5.41) is 8.63. The van der Waals surface area contributed by atoms with E-state index in [4.69, 9.17) is 9.84 Å². The van der Waals surface area contributed by atoms with Gasteiger partial charge in [-0.05, 0) is 6.42 Å². The van der Waals surface area contributed by atoms with E-state index in [2.05, 4.69) is 9.97 Å². The van der Waals surface area contributed by atoms with Crippen molar-refractivity contribution in [1.82, 2.24) is 9.97 Å². The number of ether oxygens (including phenoxy) is 1. The molecular weight excluding hydrogens is 184 g/mol. The van der Waals surface area contributed by atoms with Gasteiger partial charge in [0.2, 0.25) is 0 Å². The molecule has 0 fully saturated rings. The first kappa shape index (κ1) is 10.4. The summed E-state index contributed by atoms with van der Waals surface area (Å²) in [5.41, 5.74) is 1.36. The lowest BCUT2D eigenvalue weighted by atomic mass is 10.1. The largest absolute Gasteiger partial charge is 0.481 e. The third-order valence-corrected chi connectivity index (χ3v) is 1.79. The molecule has 1 aromatic rings. The highest BCUT2D eigenvalue weighted by atomic mass is 16.5. The highest BCUT2D eigenvalue weighted by Gasteiger charge is 2.08. The van der Waals surface area contributed by atoms with Crippen molar-refractivity contribution in [3.63, 3.8) is 0 Å². The van der Waals surface area contributed by atoms with Crippen molar-refractivity contribution < 1.29 is 14.6 Å². The number of aromatic nitrogens is 2. The maximum absolute atomic E-state index is 10.5. The fraction of sp³-hybridized carbons (Fsp3) is 0.444. The molecule has 0 unspecified atom stereocenters. The minimum atomic E-state index is -0.881. The van der Waals surface area contributed by atoms with E-state index in [1.54, 1.807) is 0 Å². The summed E-state index contributed by atoms with van der Waals surface area (Å²) in [6, 6.07) is 0.274. The molecule has 5 heteroatoms. The van der Waals surface area contributed by atoms with Crippen LogP contribution in [0.5, 0.6) is 6.01 Å². The normalized spacial score (nSPS) is 9.86. The smallest absolute Gasteiger partial charge is 0.316 e. The molecule has 0 aliphatic rings. The number of aliphatic carboxylic acids is 1. The van der Waals surface area contributed by atoms with E-state index >= 15 is 0 Å². The number of rotatable bonds is 4. The molecule has 0 aromatic carbocycles. The van der Waals surface area contributed by atoms with E-state index < -0.39 is 5.97 Å². The van der Waals surface area contributed by atoms with E-state index in [1.807, 2.05) is 6.92 Å². The number of carbonyl (C=O) groups is 1. The van der Waals surface area contributed by atoms with Crippen LogP contribution in [0.4, 0.5) is 0 Å². The highest BCUT2D eigenvalue weighted by Crippen LogP contribution is 2.10. The van der Waals surface area contributed by atoms with Crippen molar-refractivity contribution in [2.45, 2.75) is 19.8 Å². The monoisotopic (exact) mass is 196 g/mol.